The van der Waals surface area contributed by atoms with Gasteiger partial charge in [-0.3, -0.25) is 14.4 Å². The van der Waals surface area contributed by atoms with Crippen molar-refractivity contribution in [3.05, 3.63) is 0 Å². The molecule has 0 aromatic carbocycles. The molecule has 0 fully saturated rings. The molecule has 7 nitrogen and oxygen atoms in total. The Kier molecular flexibility index (Phi) is 16.3. The number of nitrogens with two attached hydrogens (primary N) is 1. The first-order chi connectivity index (χ1) is 10.8. The lowest BCUT2D eigenvalue weighted by molar-refractivity contribution is -0.148. The summed E-state index contributed by atoms with van der Waals surface area (Å²) < 4.78 is 0. The van der Waals surface area contributed by atoms with Gasteiger partial charge in [0.25, 0.3) is 0 Å². The average molecular weight is 386 g/mol. The highest BCUT2D eigenvalue weighted by Gasteiger charge is 2.20. The molecule has 9 heteroatoms. The maximum atomic E-state index is 10.9. The van der Waals surface area contributed by atoms with Crippen LogP contribution in [0.5, 0.6) is 0 Å². The molecule has 0 bridgehead atoms. The van der Waals surface area contributed by atoms with Crippen molar-refractivity contribution in [3.8, 4) is 0 Å². The number of halogens is 1. The summed E-state index contributed by atoms with van der Waals surface area (Å²) >= 11 is 1.65. The van der Waals surface area contributed by atoms with E-state index in [2.05, 4.69) is 0 Å². The number of thioether (sulfide) groups is 1. The van der Waals surface area contributed by atoms with E-state index in [0.717, 1.165) is 37.9 Å². The molecular weight excluding hydrogens is 358 g/mol. The highest BCUT2D eigenvalue weighted by atomic mass is 35.5. The van der Waals surface area contributed by atoms with Crippen molar-refractivity contribution in [2.45, 2.75) is 57.4 Å². The SMILES string of the molecule is Cl.N[C@@H](CSCCCCCCCC(CC(=O)O)C(=O)O)CC(=O)O. The summed E-state index contributed by atoms with van der Waals surface area (Å²) in [6.07, 6.45) is 4.73. The van der Waals surface area contributed by atoms with Gasteiger partial charge >= 0.3 is 17.9 Å². The van der Waals surface area contributed by atoms with Gasteiger partial charge in [0.2, 0.25) is 0 Å². The number of unbranched alkanes of at least 4 members (excludes halogenated alkanes) is 4. The van der Waals surface area contributed by atoms with Crippen molar-refractivity contribution < 1.29 is 29.7 Å². The van der Waals surface area contributed by atoms with Crippen LogP contribution in [0.15, 0.2) is 0 Å². The van der Waals surface area contributed by atoms with Crippen LogP contribution in [-0.4, -0.2) is 50.8 Å². The Labute approximate surface area is 152 Å². The Hall–Kier alpha value is -0.990. The van der Waals surface area contributed by atoms with E-state index in [1.54, 1.807) is 11.8 Å². The molecule has 0 aliphatic heterocycles. The third-order valence-corrected chi connectivity index (χ3v) is 4.62. The molecule has 0 saturated carbocycles. The summed E-state index contributed by atoms with van der Waals surface area (Å²) in [6, 6.07) is -0.306. The molecule has 0 aromatic rings. The highest BCUT2D eigenvalue weighted by molar-refractivity contribution is 7.99. The predicted octanol–water partition coefficient (Wildman–Crippen LogP) is 2.46. The Morgan fingerprint density at radius 1 is 0.875 bits per heavy atom. The van der Waals surface area contributed by atoms with E-state index in [9.17, 15) is 14.4 Å². The Balaban J connectivity index is 0. The van der Waals surface area contributed by atoms with Gasteiger partial charge in [-0.25, -0.2) is 0 Å². The first-order valence-electron chi connectivity index (χ1n) is 7.82. The number of aliphatic carboxylic acids is 3. The molecule has 2 atom stereocenters. The number of hydrogen-bond acceptors (Lipinski definition) is 5. The average Bonchev–Trinajstić information content (AvgIpc) is 2.42. The second kappa shape index (κ2) is 15.5. The van der Waals surface area contributed by atoms with Crippen LogP contribution in [0.25, 0.3) is 0 Å². The second-order valence-corrected chi connectivity index (χ2v) is 6.77. The molecule has 0 amide bonds. The third-order valence-electron chi connectivity index (χ3n) is 3.38. The molecule has 142 valence electrons. The zero-order valence-electron chi connectivity index (χ0n) is 13.7. The lowest BCUT2D eigenvalue weighted by Crippen LogP contribution is -2.26. The molecular formula is C15H28ClNO6S. The van der Waals surface area contributed by atoms with Crippen LogP contribution in [0.3, 0.4) is 0 Å². The van der Waals surface area contributed by atoms with Gasteiger partial charge < -0.3 is 21.1 Å². The topological polar surface area (TPSA) is 138 Å². The van der Waals surface area contributed by atoms with Crippen molar-refractivity contribution >= 4 is 42.1 Å². The lowest BCUT2D eigenvalue weighted by Gasteiger charge is -2.09. The number of carbonyl (C=O) groups is 3. The quantitative estimate of drug-likeness (QED) is 0.315. The van der Waals surface area contributed by atoms with E-state index < -0.39 is 23.8 Å². The van der Waals surface area contributed by atoms with Crippen molar-refractivity contribution in [1.82, 2.24) is 0 Å². The minimum absolute atomic E-state index is 0. The summed E-state index contributed by atoms with van der Waals surface area (Å²) in [5.74, 6) is -2.21. The second-order valence-electron chi connectivity index (χ2n) is 5.62. The molecule has 0 aliphatic carbocycles. The smallest absolute Gasteiger partial charge is 0.307 e. The van der Waals surface area contributed by atoms with E-state index in [1.807, 2.05) is 0 Å². The Morgan fingerprint density at radius 3 is 1.96 bits per heavy atom. The maximum absolute atomic E-state index is 10.9. The largest absolute Gasteiger partial charge is 0.481 e. The van der Waals surface area contributed by atoms with Crippen LogP contribution in [-0.2, 0) is 14.4 Å². The molecule has 0 aromatic heterocycles. The fourth-order valence-corrected chi connectivity index (χ4v) is 3.16. The van der Waals surface area contributed by atoms with Crippen molar-refractivity contribution in [2.24, 2.45) is 11.7 Å². The van der Waals surface area contributed by atoms with Crippen molar-refractivity contribution in [2.75, 3.05) is 11.5 Å². The fraction of sp³-hybridized carbons (Fsp3) is 0.800. The molecule has 0 rings (SSSR count). The normalized spacial score (nSPS) is 12.9. The molecule has 0 heterocycles. The van der Waals surface area contributed by atoms with E-state index in [1.165, 1.54) is 0 Å². The summed E-state index contributed by atoms with van der Waals surface area (Å²) in [7, 11) is 0. The van der Waals surface area contributed by atoms with Crippen LogP contribution in [0.2, 0.25) is 0 Å². The molecule has 0 radical (unpaired) electrons. The van der Waals surface area contributed by atoms with E-state index in [4.69, 9.17) is 21.1 Å². The minimum Gasteiger partial charge on any atom is -0.481 e. The molecule has 24 heavy (non-hydrogen) atoms. The monoisotopic (exact) mass is 385 g/mol. The molecule has 0 spiro atoms. The number of hydrogen-bond donors (Lipinski definition) is 4. The highest BCUT2D eigenvalue weighted by Crippen LogP contribution is 2.16. The fourth-order valence-electron chi connectivity index (χ4n) is 2.17. The van der Waals surface area contributed by atoms with Gasteiger partial charge in [0.1, 0.15) is 0 Å². The zero-order chi connectivity index (χ0) is 17.7. The van der Waals surface area contributed by atoms with Crippen LogP contribution in [0, 0.1) is 5.92 Å². The molecule has 1 unspecified atom stereocenters. The molecule has 5 N–H and O–H groups in total. The maximum Gasteiger partial charge on any atom is 0.307 e. The van der Waals surface area contributed by atoms with Crippen LogP contribution in [0.1, 0.15) is 51.4 Å². The summed E-state index contributed by atoms with van der Waals surface area (Å²) in [6.45, 7) is 0. The van der Waals surface area contributed by atoms with Crippen LogP contribution < -0.4 is 5.73 Å². The number of rotatable bonds is 15. The van der Waals surface area contributed by atoms with Gasteiger partial charge in [-0.1, -0.05) is 25.7 Å². The number of carboxylic acids is 3. The van der Waals surface area contributed by atoms with E-state index >= 15 is 0 Å². The summed E-state index contributed by atoms with van der Waals surface area (Å²) in [5, 5.41) is 26.1. The van der Waals surface area contributed by atoms with Crippen molar-refractivity contribution in [1.29, 1.82) is 0 Å². The Morgan fingerprint density at radius 2 is 1.42 bits per heavy atom. The standard InChI is InChI=1S/C15H27NO6S.ClH/c16-12(9-14(19)20)10-23-7-5-3-1-2-4-6-11(15(21)22)8-13(17)18;/h11-12H,1-10,16H2,(H,17,18)(H,19,20)(H,21,22);1H/t11?,12-;/m1./s1. The molecule has 0 aliphatic rings. The van der Waals surface area contributed by atoms with Crippen molar-refractivity contribution in [3.63, 3.8) is 0 Å². The van der Waals surface area contributed by atoms with Gasteiger partial charge in [-0.05, 0) is 18.6 Å². The third kappa shape index (κ3) is 15.9. The van der Waals surface area contributed by atoms with Crippen LogP contribution in [0.4, 0.5) is 0 Å². The van der Waals surface area contributed by atoms with E-state index in [-0.39, 0.29) is 31.3 Å². The molecule has 0 saturated heterocycles. The lowest BCUT2D eigenvalue weighted by atomic mass is 9.97. The summed E-state index contributed by atoms with van der Waals surface area (Å²) in [5.41, 5.74) is 5.65. The van der Waals surface area contributed by atoms with Crippen LogP contribution >= 0.6 is 24.2 Å². The van der Waals surface area contributed by atoms with Gasteiger partial charge in [0, 0.05) is 11.8 Å². The van der Waals surface area contributed by atoms with Gasteiger partial charge in [-0.15, -0.1) is 12.4 Å². The Bertz CT molecular complexity index is 383. The van der Waals surface area contributed by atoms with Gasteiger partial charge in [0.05, 0.1) is 18.8 Å². The number of carboxylic acid groups (broad SMARTS) is 3. The van der Waals surface area contributed by atoms with E-state index in [0.29, 0.717) is 12.2 Å². The summed E-state index contributed by atoms with van der Waals surface area (Å²) in [4.78, 5) is 31.9. The first kappa shape index (κ1) is 25.3. The van der Waals surface area contributed by atoms with Gasteiger partial charge in [-0.2, -0.15) is 11.8 Å². The first-order valence-corrected chi connectivity index (χ1v) is 8.98. The minimum atomic E-state index is -1.07. The predicted molar refractivity (Wildman–Crippen MR) is 95.9 cm³/mol. The van der Waals surface area contributed by atoms with Gasteiger partial charge in [0.15, 0.2) is 0 Å². The zero-order valence-corrected chi connectivity index (χ0v) is 15.3.